The maximum atomic E-state index is 15.1. The van der Waals surface area contributed by atoms with Crippen LogP contribution in [0.3, 0.4) is 0 Å². The van der Waals surface area contributed by atoms with Crippen molar-refractivity contribution in [1.29, 1.82) is 0 Å². The summed E-state index contributed by atoms with van der Waals surface area (Å²) in [6.45, 7) is 0. The Morgan fingerprint density at radius 2 is 0.785 bits per heavy atom. The van der Waals surface area contributed by atoms with E-state index in [0.717, 1.165) is 56.6 Å². The molecule has 9 aromatic rings. The van der Waals surface area contributed by atoms with E-state index in [9.17, 15) is 22.0 Å². The van der Waals surface area contributed by atoms with Gasteiger partial charge in [-0.25, -0.2) is 8.78 Å². The van der Waals surface area contributed by atoms with Gasteiger partial charge < -0.3 is 9.80 Å². The second-order valence-electron chi connectivity index (χ2n) is 16.1. The van der Waals surface area contributed by atoms with Crippen molar-refractivity contribution in [2.75, 3.05) is 9.80 Å². The summed E-state index contributed by atoms with van der Waals surface area (Å²) in [5.74, 6) is -1.12. The lowest BCUT2D eigenvalue weighted by atomic mass is 9.70. The standard InChI is InChI=1S/C55H32F8N2/c56-33-21-25-35(26-22-33)64(49-19-9-7-17-45(49)54(58,59)60)37-29-30-42-47(31-37)53(43-15-5-3-11-38(43)39-12-4-6-16-44(39)53)48-32-51(40-13-1-2-14-41(40)52(42)48)65(36-27-23-34(57)24-28-36)50-20-10-8-18-46(50)55(61,62)63/h1-32H. The van der Waals surface area contributed by atoms with Gasteiger partial charge in [0.2, 0.25) is 0 Å². The maximum absolute atomic E-state index is 15.1. The van der Waals surface area contributed by atoms with E-state index in [1.165, 1.54) is 94.7 Å². The second-order valence-corrected chi connectivity index (χ2v) is 16.1. The molecule has 0 saturated carbocycles. The third-order valence-electron chi connectivity index (χ3n) is 12.6. The summed E-state index contributed by atoms with van der Waals surface area (Å²) in [6, 6.07) is 51.7. The van der Waals surface area contributed by atoms with Crippen LogP contribution in [0.25, 0.3) is 33.0 Å². The highest BCUT2D eigenvalue weighted by Crippen LogP contribution is 2.65. The fourth-order valence-electron chi connectivity index (χ4n) is 10.1. The molecule has 65 heavy (non-hydrogen) atoms. The SMILES string of the molecule is Fc1ccc(N(c2ccc3c(c2)C2(c4ccccc4-c4ccccc42)c2cc(N(c4ccc(F)cc4)c4ccccc4C(F)(F)F)c4ccccc4c2-3)c2ccccc2C(F)(F)F)cc1. The molecule has 0 atom stereocenters. The molecule has 10 heteroatoms. The average molecular weight is 873 g/mol. The minimum atomic E-state index is -4.76. The third-order valence-corrected chi connectivity index (χ3v) is 12.6. The van der Waals surface area contributed by atoms with E-state index in [0.29, 0.717) is 22.1 Å². The summed E-state index contributed by atoms with van der Waals surface area (Å²) in [5.41, 5.74) is 4.61. The van der Waals surface area contributed by atoms with Gasteiger partial charge in [0.1, 0.15) is 11.6 Å². The molecule has 0 fully saturated rings. The summed E-state index contributed by atoms with van der Waals surface area (Å²) in [7, 11) is 0. The fourth-order valence-corrected chi connectivity index (χ4v) is 10.1. The van der Waals surface area contributed by atoms with Crippen molar-refractivity contribution in [3.63, 3.8) is 0 Å². The number of alkyl halides is 6. The Bertz CT molecular complexity index is 3290. The molecule has 0 amide bonds. The molecule has 0 aliphatic heterocycles. The highest BCUT2D eigenvalue weighted by atomic mass is 19.4. The van der Waals surface area contributed by atoms with Gasteiger partial charge in [0.05, 0.1) is 33.6 Å². The molecule has 0 aromatic heterocycles. The van der Waals surface area contributed by atoms with Gasteiger partial charge in [-0.1, -0.05) is 103 Å². The van der Waals surface area contributed by atoms with Crippen LogP contribution >= 0.6 is 0 Å². The van der Waals surface area contributed by atoms with Crippen molar-refractivity contribution in [3.05, 3.63) is 239 Å². The number of nitrogens with zero attached hydrogens (tertiary/aromatic N) is 2. The molecule has 2 aliphatic rings. The van der Waals surface area contributed by atoms with Crippen LogP contribution in [0.2, 0.25) is 0 Å². The molecule has 11 rings (SSSR count). The van der Waals surface area contributed by atoms with Crippen LogP contribution in [0, 0.1) is 11.6 Å². The Hall–Kier alpha value is -7.72. The minimum Gasteiger partial charge on any atom is -0.310 e. The predicted molar refractivity (Wildman–Crippen MR) is 240 cm³/mol. The first kappa shape index (κ1) is 40.1. The monoisotopic (exact) mass is 872 g/mol. The normalized spacial score (nSPS) is 13.4. The summed E-state index contributed by atoms with van der Waals surface area (Å²) < 4.78 is 119. The molecule has 0 saturated heterocycles. The van der Waals surface area contributed by atoms with E-state index < -0.39 is 40.5 Å². The summed E-state index contributed by atoms with van der Waals surface area (Å²) in [6.07, 6.45) is -9.51. The molecule has 0 bridgehead atoms. The van der Waals surface area contributed by atoms with Crippen molar-refractivity contribution in [3.8, 4) is 22.3 Å². The number of fused-ring (bicyclic) bond motifs is 12. The van der Waals surface area contributed by atoms with Crippen LogP contribution in [0.5, 0.6) is 0 Å². The molecule has 0 heterocycles. The van der Waals surface area contributed by atoms with Gasteiger partial charge in [0.15, 0.2) is 0 Å². The zero-order chi connectivity index (χ0) is 44.8. The lowest BCUT2D eigenvalue weighted by Gasteiger charge is -2.34. The number of halogens is 8. The summed E-state index contributed by atoms with van der Waals surface area (Å²) in [5, 5.41) is 1.31. The number of rotatable bonds is 6. The Kier molecular flexibility index (Phi) is 9.05. The Morgan fingerprint density at radius 1 is 0.338 bits per heavy atom. The van der Waals surface area contributed by atoms with Crippen molar-refractivity contribution in [2.24, 2.45) is 0 Å². The quantitative estimate of drug-likeness (QED) is 0.154. The van der Waals surface area contributed by atoms with Crippen LogP contribution in [-0.4, -0.2) is 0 Å². The van der Waals surface area contributed by atoms with Crippen LogP contribution in [0.1, 0.15) is 33.4 Å². The van der Waals surface area contributed by atoms with Crippen molar-refractivity contribution >= 4 is 44.9 Å². The molecule has 2 aliphatic carbocycles. The smallest absolute Gasteiger partial charge is 0.310 e. The lowest BCUT2D eigenvalue weighted by molar-refractivity contribution is -0.137. The molecule has 318 valence electrons. The van der Waals surface area contributed by atoms with E-state index >= 15 is 13.2 Å². The fraction of sp³-hybridized carbons (Fsp3) is 0.0545. The van der Waals surface area contributed by atoms with Gasteiger partial charge in [-0.05, 0) is 141 Å². The number of hydrogen-bond donors (Lipinski definition) is 0. The molecule has 0 N–H and O–H groups in total. The van der Waals surface area contributed by atoms with Gasteiger partial charge >= 0.3 is 12.4 Å². The summed E-state index contributed by atoms with van der Waals surface area (Å²) in [4.78, 5) is 2.99. The molecule has 9 aromatic carbocycles. The Balaban J connectivity index is 1.27. The highest BCUT2D eigenvalue weighted by molar-refractivity contribution is 6.12. The van der Waals surface area contributed by atoms with Gasteiger partial charge in [0, 0.05) is 22.4 Å². The predicted octanol–water partition coefficient (Wildman–Crippen LogP) is 16.4. The largest absolute Gasteiger partial charge is 0.418 e. The topological polar surface area (TPSA) is 6.48 Å². The highest BCUT2D eigenvalue weighted by Gasteiger charge is 2.53. The number of benzene rings is 9. The van der Waals surface area contributed by atoms with Crippen molar-refractivity contribution in [2.45, 2.75) is 17.8 Å². The van der Waals surface area contributed by atoms with Gasteiger partial charge in [0.25, 0.3) is 0 Å². The van der Waals surface area contributed by atoms with Crippen molar-refractivity contribution < 1.29 is 35.1 Å². The van der Waals surface area contributed by atoms with Crippen LogP contribution in [0.4, 0.5) is 69.2 Å². The average Bonchev–Trinajstić information content (AvgIpc) is 3.77. The lowest BCUT2D eigenvalue weighted by Crippen LogP contribution is -2.27. The summed E-state index contributed by atoms with van der Waals surface area (Å²) >= 11 is 0. The minimum absolute atomic E-state index is 0.172. The zero-order valence-corrected chi connectivity index (χ0v) is 33.9. The van der Waals surface area contributed by atoms with Crippen LogP contribution in [-0.2, 0) is 17.8 Å². The van der Waals surface area contributed by atoms with E-state index in [1.807, 2.05) is 91.0 Å². The molecule has 1 spiro atoms. The number of hydrogen-bond acceptors (Lipinski definition) is 2. The second kappa shape index (κ2) is 14.7. The first-order chi connectivity index (χ1) is 31.4. The van der Waals surface area contributed by atoms with Crippen LogP contribution in [0.15, 0.2) is 194 Å². The third kappa shape index (κ3) is 6.14. The van der Waals surface area contributed by atoms with Crippen LogP contribution < -0.4 is 9.80 Å². The molecule has 2 nitrogen and oxygen atoms in total. The Morgan fingerprint density at radius 3 is 1.34 bits per heavy atom. The number of anilines is 6. The zero-order valence-electron chi connectivity index (χ0n) is 33.9. The van der Waals surface area contributed by atoms with E-state index in [4.69, 9.17) is 0 Å². The maximum Gasteiger partial charge on any atom is 0.418 e. The first-order valence-corrected chi connectivity index (χ1v) is 20.7. The van der Waals surface area contributed by atoms with E-state index in [1.54, 1.807) is 6.07 Å². The van der Waals surface area contributed by atoms with Crippen molar-refractivity contribution in [1.82, 2.24) is 0 Å². The molecular formula is C55H32F8N2. The van der Waals surface area contributed by atoms with Gasteiger partial charge in [-0.15, -0.1) is 0 Å². The molecule has 0 radical (unpaired) electrons. The molecule has 0 unspecified atom stereocenters. The first-order valence-electron chi connectivity index (χ1n) is 20.7. The number of para-hydroxylation sites is 2. The molecular weight excluding hydrogens is 841 g/mol. The van der Waals surface area contributed by atoms with E-state index in [-0.39, 0.29) is 22.7 Å². The van der Waals surface area contributed by atoms with E-state index in [2.05, 4.69) is 0 Å². The van der Waals surface area contributed by atoms with Gasteiger partial charge in [-0.3, -0.25) is 0 Å². The van der Waals surface area contributed by atoms with Gasteiger partial charge in [-0.2, -0.15) is 26.3 Å². The Labute approximate surface area is 367 Å².